The van der Waals surface area contributed by atoms with Crippen molar-refractivity contribution in [1.29, 1.82) is 0 Å². The van der Waals surface area contributed by atoms with Crippen molar-refractivity contribution in [2.75, 3.05) is 18.1 Å². The SMILES string of the molecule is Clc1ccc(C[C@H]2CSCCN2)cc1. The average molecular weight is 228 g/mol. The third kappa shape index (κ3) is 2.91. The van der Waals surface area contributed by atoms with E-state index in [4.69, 9.17) is 11.6 Å². The van der Waals surface area contributed by atoms with Crippen LogP contribution >= 0.6 is 23.4 Å². The number of nitrogens with one attached hydrogen (secondary N) is 1. The number of rotatable bonds is 2. The fraction of sp³-hybridized carbons (Fsp3) is 0.455. The van der Waals surface area contributed by atoms with E-state index in [2.05, 4.69) is 17.4 Å². The summed E-state index contributed by atoms with van der Waals surface area (Å²) in [6.45, 7) is 1.14. The molecule has 1 atom stereocenters. The fourth-order valence-corrected chi connectivity index (χ4v) is 2.73. The Morgan fingerprint density at radius 2 is 2.14 bits per heavy atom. The van der Waals surface area contributed by atoms with Crippen molar-refractivity contribution in [3.05, 3.63) is 34.9 Å². The molecule has 14 heavy (non-hydrogen) atoms. The van der Waals surface area contributed by atoms with Crippen LogP contribution in [0, 0.1) is 0 Å². The van der Waals surface area contributed by atoms with Crippen molar-refractivity contribution in [3.8, 4) is 0 Å². The normalized spacial score (nSPS) is 22.2. The molecular formula is C11H14ClNS. The molecule has 0 spiro atoms. The predicted octanol–water partition coefficient (Wildman–Crippen LogP) is 2.59. The van der Waals surface area contributed by atoms with Crippen LogP contribution in [-0.2, 0) is 6.42 Å². The highest BCUT2D eigenvalue weighted by Gasteiger charge is 2.12. The van der Waals surface area contributed by atoms with Gasteiger partial charge in [-0.05, 0) is 24.1 Å². The first-order chi connectivity index (χ1) is 6.84. The molecule has 1 fully saturated rings. The Kier molecular flexibility index (Phi) is 3.74. The Morgan fingerprint density at radius 3 is 2.79 bits per heavy atom. The lowest BCUT2D eigenvalue weighted by Crippen LogP contribution is -2.38. The molecule has 0 amide bonds. The molecule has 1 aliphatic rings. The first kappa shape index (κ1) is 10.3. The topological polar surface area (TPSA) is 12.0 Å². The van der Waals surface area contributed by atoms with Crippen molar-refractivity contribution in [2.45, 2.75) is 12.5 Å². The number of thioether (sulfide) groups is 1. The van der Waals surface area contributed by atoms with Crippen molar-refractivity contribution >= 4 is 23.4 Å². The van der Waals surface area contributed by atoms with Gasteiger partial charge in [-0.2, -0.15) is 11.8 Å². The van der Waals surface area contributed by atoms with Gasteiger partial charge in [0.05, 0.1) is 0 Å². The minimum absolute atomic E-state index is 0.634. The van der Waals surface area contributed by atoms with Crippen LogP contribution in [-0.4, -0.2) is 24.1 Å². The molecule has 0 unspecified atom stereocenters. The molecule has 1 heterocycles. The molecule has 0 aromatic heterocycles. The number of hydrogen-bond donors (Lipinski definition) is 1. The molecule has 76 valence electrons. The van der Waals surface area contributed by atoms with E-state index in [1.54, 1.807) is 0 Å². The first-order valence-corrected chi connectivity index (χ1v) is 6.43. The van der Waals surface area contributed by atoms with E-state index < -0.39 is 0 Å². The molecule has 1 aliphatic heterocycles. The lowest BCUT2D eigenvalue weighted by molar-refractivity contribution is 0.563. The van der Waals surface area contributed by atoms with E-state index in [-0.39, 0.29) is 0 Å². The van der Waals surface area contributed by atoms with Gasteiger partial charge in [0.2, 0.25) is 0 Å². The van der Waals surface area contributed by atoms with Crippen molar-refractivity contribution < 1.29 is 0 Å². The van der Waals surface area contributed by atoms with Crippen LogP contribution in [0.1, 0.15) is 5.56 Å². The maximum atomic E-state index is 5.83. The van der Waals surface area contributed by atoms with Gasteiger partial charge in [0.25, 0.3) is 0 Å². The predicted molar refractivity (Wildman–Crippen MR) is 64.3 cm³/mol. The lowest BCUT2D eigenvalue weighted by atomic mass is 10.1. The molecule has 1 aromatic carbocycles. The van der Waals surface area contributed by atoms with Gasteiger partial charge >= 0.3 is 0 Å². The Morgan fingerprint density at radius 1 is 1.36 bits per heavy atom. The summed E-state index contributed by atoms with van der Waals surface area (Å²) in [5.74, 6) is 2.47. The highest BCUT2D eigenvalue weighted by atomic mass is 35.5. The van der Waals surface area contributed by atoms with E-state index in [0.29, 0.717) is 6.04 Å². The number of hydrogen-bond acceptors (Lipinski definition) is 2. The minimum Gasteiger partial charge on any atom is -0.312 e. The van der Waals surface area contributed by atoms with Gasteiger partial charge in [-0.3, -0.25) is 0 Å². The Labute approximate surface area is 94.2 Å². The quantitative estimate of drug-likeness (QED) is 0.834. The van der Waals surface area contributed by atoms with E-state index in [1.165, 1.54) is 17.1 Å². The monoisotopic (exact) mass is 227 g/mol. The van der Waals surface area contributed by atoms with Gasteiger partial charge in [0.1, 0.15) is 0 Å². The van der Waals surface area contributed by atoms with E-state index in [9.17, 15) is 0 Å². The Balaban J connectivity index is 1.92. The van der Waals surface area contributed by atoms with E-state index >= 15 is 0 Å². The second kappa shape index (κ2) is 5.06. The highest BCUT2D eigenvalue weighted by Crippen LogP contribution is 2.14. The van der Waals surface area contributed by atoms with Crippen molar-refractivity contribution in [3.63, 3.8) is 0 Å². The van der Waals surface area contributed by atoms with Gasteiger partial charge in [0, 0.05) is 29.1 Å². The molecule has 0 bridgehead atoms. The van der Waals surface area contributed by atoms with Gasteiger partial charge in [-0.25, -0.2) is 0 Å². The largest absolute Gasteiger partial charge is 0.312 e. The summed E-state index contributed by atoms with van der Waals surface area (Å²) in [4.78, 5) is 0. The third-order valence-corrected chi connectivity index (χ3v) is 3.78. The van der Waals surface area contributed by atoms with Gasteiger partial charge in [-0.15, -0.1) is 0 Å². The third-order valence-electron chi connectivity index (χ3n) is 2.39. The zero-order valence-electron chi connectivity index (χ0n) is 8.00. The molecule has 1 saturated heterocycles. The standard InChI is InChI=1S/C11H14ClNS/c12-10-3-1-9(2-4-10)7-11-8-14-6-5-13-11/h1-4,11,13H,5-8H2/t11-/m0/s1. The van der Waals surface area contributed by atoms with Crippen LogP contribution < -0.4 is 5.32 Å². The van der Waals surface area contributed by atoms with Crippen molar-refractivity contribution in [2.24, 2.45) is 0 Å². The molecule has 1 N–H and O–H groups in total. The van der Waals surface area contributed by atoms with Crippen LogP contribution in [0.25, 0.3) is 0 Å². The molecule has 0 saturated carbocycles. The molecule has 3 heteroatoms. The number of halogens is 1. The molecule has 1 nitrogen and oxygen atoms in total. The molecule has 1 aromatic rings. The summed E-state index contributed by atoms with van der Waals surface area (Å²) in [5, 5.41) is 4.35. The summed E-state index contributed by atoms with van der Waals surface area (Å²) in [6.07, 6.45) is 1.12. The highest BCUT2D eigenvalue weighted by molar-refractivity contribution is 7.99. The van der Waals surface area contributed by atoms with Crippen LogP contribution in [0.4, 0.5) is 0 Å². The second-order valence-electron chi connectivity index (χ2n) is 3.56. The zero-order chi connectivity index (χ0) is 9.80. The van der Waals surface area contributed by atoms with Gasteiger partial charge < -0.3 is 5.32 Å². The number of benzene rings is 1. The van der Waals surface area contributed by atoms with Crippen LogP contribution in [0.2, 0.25) is 5.02 Å². The summed E-state index contributed by atoms with van der Waals surface area (Å²) >= 11 is 7.87. The van der Waals surface area contributed by atoms with Crippen molar-refractivity contribution in [1.82, 2.24) is 5.32 Å². The molecular weight excluding hydrogens is 214 g/mol. The Hall–Kier alpha value is -0.180. The van der Waals surface area contributed by atoms with Gasteiger partial charge in [0.15, 0.2) is 0 Å². The van der Waals surface area contributed by atoms with E-state index in [0.717, 1.165) is 18.0 Å². The average Bonchev–Trinajstić information content (AvgIpc) is 2.23. The van der Waals surface area contributed by atoms with E-state index in [1.807, 2.05) is 23.9 Å². The smallest absolute Gasteiger partial charge is 0.0406 e. The lowest BCUT2D eigenvalue weighted by Gasteiger charge is -2.23. The maximum Gasteiger partial charge on any atom is 0.0406 e. The summed E-state index contributed by atoms with van der Waals surface area (Å²) in [6, 6.07) is 8.79. The fourth-order valence-electron chi connectivity index (χ4n) is 1.66. The second-order valence-corrected chi connectivity index (χ2v) is 5.14. The minimum atomic E-state index is 0.634. The maximum absolute atomic E-state index is 5.83. The molecule has 0 aliphatic carbocycles. The zero-order valence-corrected chi connectivity index (χ0v) is 9.57. The molecule has 2 rings (SSSR count). The first-order valence-electron chi connectivity index (χ1n) is 4.90. The molecule has 0 radical (unpaired) electrons. The van der Waals surface area contributed by atoms with Crippen LogP contribution in [0.5, 0.6) is 0 Å². The van der Waals surface area contributed by atoms with Gasteiger partial charge in [-0.1, -0.05) is 23.7 Å². The Bertz CT molecular complexity index is 280. The summed E-state index contributed by atoms with van der Waals surface area (Å²) in [7, 11) is 0. The summed E-state index contributed by atoms with van der Waals surface area (Å²) in [5.41, 5.74) is 1.37. The van der Waals surface area contributed by atoms with Crippen LogP contribution in [0.3, 0.4) is 0 Å². The summed E-state index contributed by atoms with van der Waals surface area (Å²) < 4.78 is 0. The van der Waals surface area contributed by atoms with Crippen LogP contribution in [0.15, 0.2) is 24.3 Å².